The maximum Gasteiger partial charge on any atom is 0.333 e. The summed E-state index contributed by atoms with van der Waals surface area (Å²) in [6, 6.07) is 27.4. The lowest BCUT2D eigenvalue weighted by atomic mass is 9.74. The Morgan fingerprint density at radius 2 is 1.44 bits per heavy atom. The number of fused-ring (bicyclic) bond motifs is 2. The number of aryl methyl sites for hydroxylation is 1. The lowest BCUT2D eigenvalue weighted by Gasteiger charge is -2.33. The van der Waals surface area contributed by atoms with Crippen molar-refractivity contribution in [3.05, 3.63) is 108 Å². The summed E-state index contributed by atoms with van der Waals surface area (Å²) in [4.78, 5) is 21.2. The number of ether oxygens (including phenoxy) is 1. The van der Waals surface area contributed by atoms with Crippen molar-refractivity contribution in [1.29, 1.82) is 0 Å². The summed E-state index contributed by atoms with van der Waals surface area (Å²) in [6.45, 7) is 10.8. The number of aliphatic hydroxyl groups is 2. The van der Waals surface area contributed by atoms with Gasteiger partial charge in [0.2, 0.25) is 0 Å². The molecule has 1 unspecified atom stereocenters. The smallest absolute Gasteiger partial charge is 0.333 e. The quantitative estimate of drug-likeness (QED) is 0.102. The molecule has 4 aromatic rings. The van der Waals surface area contributed by atoms with Crippen molar-refractivity contribution < 1.29 is 24.5 Å². The maximum absolute atomic E-state index is 11.8. The molecule has 0 heterocycles. The van der Waals surface area contributed by atoms with Gasteiger partial charge in [0.15, 0.2) is 0 Å². The van der Waals surface area contributed by atoms with E-state index in [0.717, 1.165) is 32.1 Å². The molecular formula is C40H46O5. The van der Waals surface area contributed by atoms with E-state index in [1.165, 1.54) is 50.2 Å². The highest BCUT2D eigenvalue weighted by Crippen LogP contribution is 2.40. The Labute approximate surface area is 267 Å². The van der Waals surface area contributed by atoms with E-state index in [1.807, 2.05) is 0 Å². The highest BCUT2D eigenvalue weighted by molar-refractivity contribution is 5.92. The molecule has 4 aromatic carbocycles. The van der Waals surface area contributed by atoms with E-state index in [1.54, 1.807) is 6.92 Å². The number of hydrogen-bond acceptors (Lipinski definition) is 5. The summed E-state index contributed by atoms with van der Waals surface area (Å²) in [5.74, 6) is 0.536. The molecular weight excluding hydrogens is 560 g/mol. The third-order valence-electron chi connectivity index (χ3n) is 8.93. The molecule has 5 heteroatoms. The minimum atomic E-state index is -0.372. The molecule has 1 saturated carbocycles. The number of carbonyl (C=O) groups excluding carboxylic acids is 2. The lowest BCUT2D eigenvalue weighted by Crippen LogP contribution is -2.28. The van der Waals surface area contributed by atoms with Crippen molar-refractivity contribution >= 4 is 33.8 Å². The fourth-order valence-corrected chi connectivity index (χ4v) is 6.22. The molecule has 236 valence electrons. The van der Waals surface area contributed by atoms with Crippen LogP contribution in [0.15, 0.2) is 97.1 Å². The van der Waals surface area contributed by atoms with Gasteiger partial charge in [0, 0.05) is 23.7 Å². The molecule has 0 aliphatic heterocycles. The zero-order chi connectivity index (χ0) is 32.3. The molecule has 45 heavy (non-hydrogen) atoms. The third kappa shape index (κ3) is 9.00. The Morgan fingerprint density at radius 3 is 1.98 bits per heavy atom. The Morgan fingerprint density at radius 1 is 0.867 bits per heavy atom. The van der Waals surface area contributed by atoms with Gasteiger partial charge in [-0.3, -0.25) is 4.79 Å². The normalized spacial score (nSPS) is 16.8. The highest BCUT2D eigenvalue weighted by atomic mass is 16.5. The molecule has 0 saturated heterocycles. The number of esters is 1. The number of benzene rings is 4. The van der Waals surface area contributed by atoms with Crippen molar-refractivity contribution in [1.82, 2.24) is 0 Å². The largest absolute Gasteiger partial charge is 0.462 e. The lowest BCUT2D eigenvalue weighted by molar-refractivity contribution is -0.141. The molecule has 1 aliphatic rings. The van der Waals surface area contributed by atoms with Crippen LogP contribution in [-0.4, -0.2) is 42.3 Å². The van der Waals surface area contributed by atoms with Crippen molar-refractivity contribution in [3.8, 4) is 11.1 Å². The molecule has 0 amide bonds. The SMILES string of the molecule is C=C(C)C(=O)OCC(CO)C1CCC(c2ccc3cc(-c4ccc5cc(CCC)ccc5c4)ccc3c2)CC1.C=C(C=O)CO. The summed E-state index contributed by atoms with van der Waals surface area (Å²) < 4.78 is 5.35. The summed E-state index contributed by atoms with van der Waals surface area (Å²) in [7, 11) is 0. The molecule has 5 rings (SSSR count). The van der Waals surface area contributed by atoms with Crippen LogP contribution in [0, 0.1) is 11.8 Å². The minimum absolute atomic E-state index is 0.00206. The van der Waals surface area contributed by atoms with Gasteiger partial charge in [0.1, 0.15) is 6.29 Å². The van der Waals surface area contributed by atoms with Gasteiger partial charge in [-0.05, 0) is 107 Å². The molecule has 0 radical (unpaired) electrons. The monoisotopic (exact) mass is 606 g/mol. The second-order valence-electron chi connectivity index (χ2n) is 12.3. The van der Waals surface area contributed by atoms with Crippen LogP contribution in [0.25, 0.3) is 32.7 Å². The summed E-state index contributed by atoms with van der Waals surface area (Å²) in [5, 5.41) is 23.1. The van der Waals surface area contributed by atoms with E-state index in [9.17, 15) is 14.7 Å². The minimum Gasteiger partial charge on any atom is -0.462 e. The second-order valence-corrected chi connectivity index (χ2v) is 12.3. The predicted octanol–water partition coefficient (Wildman–Crippen LogP) is 8.35. The number of rotatable bonds is 11. The van der Waals surface area contributed by atoms with Crippen molar-refractivity contribution in [2.75, 3.05) is 19.8 Å². The molecule has 1 fully saturated rings. The van der Waals surface area contributed by atoms with Gasteiger partial charge in [-0.25, -0.2) is 4.79 Å². The van der Waals surface area contributed by atoms with Crippen molar-refractivity contribution in [2.45, 2.75) is 58.3 Å². The van der Waals surface area contributed by atoms with Crippen LogP contribution < -0.4 is 0 Å². The first-order chi connectivity index (χ1) is 21.8. The van der Waals surface area contributed by atoms with Crippen LogP contribution in [0.2, 0.25) is 0 Å². The average molecular weight is 607 g/mol. The van der Waals surface area contributed by atoms with Gasteiger partial charge in [-0.15, -0.1) is 0 Å². The van der Waals surface area contributed by atoms with E-state index in [0.29, 0.717) is 23.7 Å². The third-order valence-corrected chi connectivity index (χ3v) is 8.93. The van der Waals surface area contributed by atoms with Crippen LogP contribution >= 0.6 is 0 Å². The zero-order valence-electron chi connectivity index (χ0n) is 26.6. The summed E-state index contributed by atoms with van der Waals surface area (Å²) in [5.41, 5.74) is 5.92. The Bertz CT molecular complexity index is 1640. The molecule has 1 aliphatic carbocycles. The fraction of sp³-hybridized carbons (Fsp3) is 0.350. The van der Waals surface area contributed by atoms with E-state index in [2.05, 4.69) is 92.9 Å². The summed E-state index contributed by atoms with van der Waals surface area (Å²) >= 11 is 0. The number of carbonyl (C=O) groups is 2. The van der Waals surface area contributed by atoms with Crippen LogP contribution in [0.3, 0.4) is 0 Å². The average Bonchev–Trinajstić information content (AvgIpc) is 3.08. The van der Waals surface area contributed by atoms with Gasteiger partial charge in [-0.1, -0.05) is 87.2 Å². The first kappa shape index (κ1) is 33.8. The van der Waals surface area contributed by atoms with E-state index in [4.69, 9.17) is 9.84 Å². The molecule has 2 N–H and O–H groups in total. The van der Waals surface area contributed by atoms with Gasteiger partial charge in [0.25, 0.3) is 0 Å². The molecule has 0 bridgehead atoms. The standard InChI is InChI=1S/C36H40O3.C4H6O2/c1-4-5-25-6-7-30-20-32(14-12-28(30)18-25)34-17-16-31-19-29(13-15-33(31)21-34)26-8-10-27(11-9-26)35(22-37)23-39-36(38)24(2)3;1-4(2-5)3-6/h6-7,12-21,26-27,35,37H,2,4-5,8-11,22-23H2,1,3H3;2,6H,1,3H2. The predicted molar refractivity (Wildman–Crippen MR) is 184 cm³/mol. The van der Waals surface area contributed by atoms with E-state index in [-0.39, 0.29) is 37.3 Å². The number of aliphatic hydroxyl groups excluding tert-OH is 2. The first-order valence-corrected chi connectivity index (χ1v) is 16.0. The fourth-order valence-electron chi connectivity index (χ4n) is 6.22. The van der Waals surface area contributed by atoms with Crippen LogP contribution in [0.4, 0.5) is 0 Å². The summed E-state index contributed by atoms with van der Waals surface area (Å²) in [6.07, 6.45) is 7.09. The zero-order valence-corrected chi connectivity index (χ0v) is 26.6. The van der Waals surface area contributed by atoms with E-state index >= 15 is 0 Å². The van der Waals surface area contributed by atoms with Gasteiger partial charge in [-0.2, -0.15) is 0 Å². The van der Waals surface area contributed by atoms with Crippen LogP contribution in [-0.2, 0) is 20.7 Å². The molecule has 5 nitrogen and oxygen atoms in total. The second kappa shape index (κ2) is 16.3. The maximum atomic E-state index is 11.8. The Hall–Kier alpha value is -4.06. The molecule has 0 aromatic heterocycles. The first-order valence-electron chi connectivity index (χ1n) is 16.0. The number of aldehydes is 1. The van der Waals surface area contributed by atoms with Crippen molar-refractivity contribution in [3.63, 3.8) is 0 Å². The van der Waals surface area contributed by atoms with Gasteiger partial charge < -0.3 is 14.9 Å². The van der Waals surface area contributed by atoms with Crippen molar-refractivity contribution in [2.24, 2.45) is 11.8 Å². The molecule has 1 atom stereocenters. The van der Waals surface area contributed by atoms with Crippen LogP contribution in [0.1, 0.15) is 63.0 Å². The van der Waals surface area contributed by atoms with Gasteiger partial charge >= 0.3 is 5.97 Å². The number of hydrogen-bond donors (Lipinski definition) is 2. The Balaban J connectivity index is 0.000000700. The molecule has 0 spiro atoms. The topological polar surface area (TPSA) is 83.8 Å². The van der Waals surface area contributed by atoms with Gasteiger partial charge in [0.05, 0.1) is 13.2 Å². The Kier molecular flexibility index (Phi) is 12.3. The highest BCUT2D eigenvalue weighted by Gasteiger charge is 2.29. The van der Waals surface area contributed by atoms with Crippen LogP contribution in [0.5, 0.6) is 0 Å². The van der Waals surface area contributed by atoms with E-state index < -0.39 is 0 Å².